The standard InChI is InChI=1S/C14H18BrNO/c1-17-14-6-10-4-5-16-8-12(9-2-3-9)11(10)7-13(14)15/h6-7,9,12,16H,2-5,8H2,1H3/t12-/m1/s1. The molecule has 0 saturated heterocycles. The summed E-state index contributed by atoms with van der Waals surface area (Å²) >= 11 is 3.61. The van der Waals surface area contributed by atoms with Gasteiger partial charge in [0.05, 0.1) is 11.6 Å². The van der Waals surface area contributed by atoms with Crippen LogP contribution >= 0.6 is 15.9 Å². The molecule has 92 valence electrons. The van der Waals surface area contributed by atoms with Gasteiger partial charge in [0, 0.05) is 6.54 Å². The Kier molecular flexibility index (Phi) is 3.14. The minimum Gasteiger partial charge on any atom is -0.496 e. The Hall–Kier alpha value is -0.540. The number of ether oxygens (including phenoxy) is 1. The number of halogens is 1. The Labute approximate surface area is 111 Å². The summed E-state index contributed by atoms with van der Waals surface area (Å²) in [5.74, 6) is 2.56. The first kappa shape index (κ1) is 11.5. The maximum absolute atomic E-state index is 5.40. The molecule has 1 aromatic carbocycles. The van der Waals surface area contributed by atoms with Crippen molar-refractivity contribution in [1.82, 2.24) is 5.32 Å². The molecule has 0 spiro atoms. The molecule has 2 aliphatic rings. The molecule has 0 bridgehead atoms. The fourth-order valence-electron chi connectivity index (χ4n) is 2.84. The van der Waals surface area contributed by atoms with Crippen LogP contribution in [0.5, 0.6) is 5.75 Å². The van der Waals surface area contributed by atoms with E-state index in [2.05, 4.69) is 33.4 Å². The van der Waals surface area contributed by atoms with Crippen molar-refractivity contribution in [2.75, 3.05) is 20.2 Å². The third-order valence-corrected chi connectivity index (χ3v) is 4.56. The number of benzene rings is 1. The van der Waals surface area contributed by atoms with Crippen LogP contribution in [0.15, 0.2) is 16.6 Å². The van der Waals surface area contributed by atoms with Crippen LogP contribution in [-0.4, -0.2) is 20.2 Å². The quantitative estimate of drug-likeness (QED) is 0.905. The van der Waals surface area contributed by atoms with Gasteiger partial charge in [-0.2, -0.15) is 0 Å². The maximum atomic E-state index is 5.40. The number of fused-ring (bicyclic) bond motifs is 1. The number of hydrogen-bond acceptors (Lipinski definition) is 2. The minimum absolute atomic E-state index is 0.703. The molecule has 1 aromatic rings. The number of nitrogens with one attached hydrogen (secondary N) is 1. The van der Waals surface area contributed by atoms with Gasteiger partial charge in [0.1, 0.15) is 5.75 Å². The lowest BCUT2D eigenvalue weighted by molar-refractivity contribution is 0.411. The van der Waals surface area contributed by atoms with Crippen LogP contribution in [-0.2, 0) is 6.42 Å². The second-order valence-electron chi connectivity index (χ2n) is 5.08. The van der Waals surface area contributed by atoms with E-state index < -0.39 is 0 Å². The van der Waals surface area contributed by atoms with Gasteiger partial charge in [0.25, 0.3) is 0 Å². The average Bonchev–Trinajstić information content (AvgIpc) is 3.13. The number of methoxy groups -OCH3 is 1. The van der Waals surface area contributed by atoms with Crippen LogP contribution in [0.4, 0.5) is 0 Å². The van der Waals surface area contributed by atoms with E-state index in [-0.39, 0.29) is 0 Å². The molecule has 0 radical (unpaired) electrons. The first-order valence-corrected chi connectivity index (χ1v) is 7.16. The molecule has 1 atom stereocenters. The van der Waals surface area contributed by atoms with Crippen molar-refractivity contribution in [3.05, 3.63) is 27.7 Å². The van der Waals surface area contributed by atoms with Gasteiger partial charge in [-0.05, 0) is 76.8 Å². The lowest BCUT2D eigenvalue weighted by Gasteiger charge is -2.18. The third-order valence-electron chi connectivity index (χ3n) is 3.94. The first-order chi connectivity index (χ1) is 8.29. The van der Waals surface area contributed by atoms with Crippen LogP contribution in [0.2, 0.25) is 0 Å². The van der Waals surface area contributed by atoms with E-state index in [0.29, 0.717) is 5.92 Å². The van der Waals surface area contributed by atoms with Crippen molar-refractivity contribution in [3.63, 3.8) is 0 Å². The SMILES string of the molecule is COc1cc2c(cc1Br)[C@@H](C1CC1)CNCC2. The summed E-state index contributed by atoms with van der Waals surface area (Å²) in [6.45, 7) is 2.22. The normalized spacial score (nSPS) is 24.0. The summed E-state index contributed by atoms with van der Waals surface area (Å²) < 4.78 is 6.49. The van der Waals surface area contributed by atoms with Gasteiger partial charge < -0.3 is 10.1 Å². The van der Waals surface area contributed by atoms with Crippen LogP contribution in [0.25, 0.3) is 0 Å². The van der Waals surface area contributed by atoms with Crippen molar-refractivity contribution in [2.45, 2.75) is 25.2 Å². The van der Waals surface area contributed by atoms with Crippen molar-refractivity contribution < 1.29 is 4.74 Å². The molecule has 3 rings (SSSR count). The Morgan fingerprint density at radius 3 is 2.88 bits per heavy atom. The molecule has 0 unspecified atom stereocenters. The minimum atomic E-state index is 0.703. The Morgan fingerprint density at radius 1 is 1.35 bits per heavy atom. The fourth-order valence-corrected chi connectivity index (χ4v) is 3.36. The predicted molar refractivity (Wildman–Crippen MR) is 72.7 cm³/mol. The molecular weight excluding hydrogens is 278 g/mol. The van der Waals surface area contributed by atoms with E-state index >= 15 is 0 Å². The maximum Gasteiger partial charge on any atom is 0.133 e. The molecule has 3 heteroatoms. The summed E-state index contributed by atoms with van der Waals surface area (Å²) in [5, 5.41) is 3.57. The second-order valence-corrected chi connectivity index (χ2v) is 5.94. The van der Waals surface area contributed by atoms with Crippen molar-refractivity contribution in [2.24, 2.45) is 5.92 Å². The molecule has 1 saturated carbocycles. The molecule has 1 fully saturated rings. The highest BCUT2D eigenvalue weighted by Gasteiger charge is 2.34. The topological polar surface area (TPSA) is 21.3 Å². The summed E-state index contributed by atoms with van der Waals surface area (Å²) in [6, 6.07) is 4.49. The highest BCUT2D eigenvalue weighted by molar-refractivity contribution is 9.10. The van der Waals surface area contributed by atoms with Gasteiger partial charge in [0.15, 0.2) is 0 Å². The number of hydrogen-bond donors (Lipinski definition) is 1. The Balaban J connectivity index is 2.03. The van der Waals surface area contributed by atoms with Crippen LogP contribution < -0.4 is 10.1 Å². The zero-order valence-corrected chi connectivity index (χ0v) is 11.7. The largest absolute Gasteiger partial charge is 0.496 e. The number of rotatable bonds is 2. The lowest BCUT2D eigenvalue weighted by Crippen LogP contribution is -2.21. The monoisotopic (exact) mass is 295 g/mol. The Bertz CT molecular complexity index is 428. The summed E-state index contributed by atoms with van der Waals surface area (Å²) in [4.78, 5) is 0. The molecule has 1 aliphatic heterocycles. The third kappa shape index (κ3) is 2.23. The molecule has 17 heavy (non-hydrogen) atoms. The van der Waals surface area contributed by atoms with E-state index in [1.54, 1.807) is 7.11 Å². The predicted octanol–water partition coefficient (Wildman–Crippen LogP) is 3.10. The molecule has 1 N–H and O–H groups in total. The van der Waals surface area contributed by atoms with Crippen molar-refractivity contribution in [3.8, 4) is 5.75 Å². The van der Waals surface area contributed by atoms with E-state index in [0.717, 1.165) is 35.7 Å². The van der Waals surface area contributed by atoms with Crippen LogP contribution in [0.1, 0.15) is 29.9 Å². The van der Waals surface area contributed by atoms with Gasteiger partial charge >= 0.3 is 0 Å². The Morgan fingerprint density at radius 2 is 2.18 bits per heavy atom. The molecule has 0 aromatic heterocycles. The van der Waals surface area contributed by atoms with Crippen LogP contribution in [0.3, 0.4) is 0 Å². The van der Waals surface area contributed by atoms with Gasteiger partial charge in [-0.3, -0.25) is 0 Å². The summed E-state index contributed by atoms with van der Waals surface area (Å²) in [6.07, 6.45) is 3.91. The van der Waals surface area contributed by atoms with E-state index in [9.17, 15) is 0 Å². The van der Waals surface area contributed by atoms with Gasteiger partial charge in [0.2, 0.25) is 0 Å². The fraction of sp³-hybridized carbons (Fsp3) is 0.571. The van der Waals surface area contributed by atoms with E-state index in [4.69, 9.17) is 4.74 Å². The summed E-state index contributed by atoms with van der Waals surface area (Å²) in [5.41, 5.74) is 3.00. The average molecular weight is 296 g/mol. The van der Waals surface area contributed by atoms with Crippen LogP contribution in [0, 0.1) is 5.92 Å². The molecular formula is C14H18BrNO. The zero-order chi connectivity index (χ0) is 11.8. The van der Waals surface area contributed by atoms with Gasteiger partial charge in [-0.1, -0.05) is 0 Å². The molecule has 1 aliphatic carbocycles. The van der Waals surface area contributed by atoms with Gasteiger partial charge in [-0.25, -0.2) is 0 Å². The highest BCUT2D eigenvalue weighted by atomic mass is 79.9. The lowest BCUT2D eigenvalue weighted by atomic mass is 9.90. The van der Waals surface area contributed by atoms with Crippen molar-refractivity contribution in [1.29, 1.82) is 0 Å². The van der Waals surface area contributed by atoms with Gasteiger partial charge in [-0.15, -0.1) is 0 Å². The van der Waals surface area contributed by atoms with E-state index in [1.807, 2.05) is 0 Å². The summed E-state index contributed by atoms with van der Waals surface area (Å²) in [7, 11) is 1.74. The molecule has 2 nitrogen and oxygen atoms in total. The van der Waals surface area contributed by atoms with E-state index in [1.165, 1.54) is 24.0 Å². The van der Waals surface area contributed by atoms with Crippen molar-refractivity contribution >= 4 is 15.9 Å². The second kappa shape index (κ2) is 4.62. The molecule has 0 amide bonds. The zero-order valence-electron chi connectivity index (χ0n) is 10.1. The molecule has 1 heterocycles. The highest BCUT2D eigenvalue weighted by Crippen LogP contribution is 2.45. The first-order valence-electron chi connectivity index (χ1n) is 6.36. The smallest absolute Gasteiger partial charge is 0.133 e.